The highest BCUT2D eigenvalue weighted by Gasteiger charge is 2.54. The second kappa shape index (κ2) is 9.38. The predicted octanol–water partition coefficient (Wildman–Crippen LogP) is 7.36. The maximum atomic E-state index is 13.7. The number of hydrogen-bond donors (Lipinski definition) is 0. The first-order valence-corrected chi connectivity index (χ1v) is 14.6. The van der Waals surface area contributed by atoms with Gasteiger partial charge in [0.2, 0.25) is 0 Å². The number of hydrogen-bond acceptors (Lipinski definition) is 4. The fourth-order valence-electron chi connectivity index (χ4n) is 6.99. The van der Waals surface area contributed by atoms with Crippen molar-refractivity contribution in [2.75, 3.05) is 0 Å². The molecule has 0 N–H and O–H groups in total. The van der Waals surface area contributed by atoms with Crippen molar-refractivity contribution in [3.63, 3.8) is 0 Å². The minimum Gasteiger partial charge on any atom is -0.303 e. The van der Waals surface area contributed by atoms with Crippen LogP contribution < -0.4 is 5.56 Å². The molecular formula is C33H25ClF3N5O. The van der Waals surface area contributed by atoms with Crippen molar-refractivity contribution in [1.82, 2.24) is 19.6 Å². The van der Waals surface area contributed by atoms with Crippen molar-refractivity contribution < 1.29 is 13.2 Å². The van der Waals surface area contributed by atoms with E-state index in [0.29, 0.717) is 34.2 Å². The minimum atomic E-state index is -4.62. The topological polar surface area (TPSA) is 65.1 Å². The highest BCUT2D eigenvalue weighted by atomic mass is 35.5. The summed E-state index contributed by atoms with van der Waals surface area (Å²) >= 11 is 6.31. The Kier molecular flexibility index (Phi) is 5.76. The van der Waals surface area contributed by atoms with Crippen LogP contribution in [0.5, 0.6) is 0 Å². The number of allylic oxidation sites excluding steroid dienone is 2. The molecule has 0 saturated heterocycles. The third-order valence-corrected chi connectivity index (χ3v) is 9.40. The molecular weight excluding hydrogens is 575 g/mol. The Bertz CT molecular complexity index is 1980. The molecule has 2 aromatic carbocycles. The van der Waals surface area contributed by atoms with Gasteiger partial charge in [-0.1, -0.05) is 47.2 Å². The highest BCUT2D eigenvalue weighted by molar-refractivity contribution is 6.31. The molecule has 2 aliphatic carbocycles. The van der Waals surface area contributed by atoms with E-state index in [4.69, 9.17) is 16.6 Å². The smallest absolute Gasteiger partial charge is 0.303 e. The van der Waals surface area contributed by atoms with Crippen LogP contribution in [-0.4, -0.2) is 25.3 Å². The van der Waals surface area contributed by atoms with Gasteiger partial charge in [-0.2, -0.15) is 13.2 Å². The molecule has 3 atom stereocenters. The van der Waals surface area contributed by atoms with Crippen LogP contribution in [0.1, 0.15) is 59.3 Å². The number of benzene rings is 2. The second-order valence-electron chi connectivity index (χ2n) is 11.9. The monoisotopic (exact) mass is 599 g/mol. The molecule has 0 amide bonds. The quantitative estimate of drug-likeness (QED) is 0.230. The molecule has 2 aliphatic heterocycles. The number of pyridine rings is 1. The van der Waals surface area contributed by atoms with Gasteiger partial charge < -0.3 is 4.57 Å². The summed E-state index contributed by atoms with van der Waals surface area (Å²) < 4.78 is 42.6. The van der Waals surface area contributed by atoms with Gasteiger partial charge >= 0.3 is 6.18 Å². The molecule has 2 aromatic heterocycles. The van der Waals surface area contributed by atoms with Crippen LogP contribution in [0.15, 0.2) is 82.9 Å². The highest BCUT2D eigenvalue weighted by Crippen LogP contribution is 2.60. The van der Waals surface area contributed by atoms with E-state index in [-0.39, 0.29) is 17.5 Å². The zero-order valence-electron chi connectivity index (χ0n) is 22.9. The predicted molar refractivity (Wildman–Crippen MR) is 159 cm³/mol. The van der Waals surface area contributed by atoms with Crippen LogP contribution in [-0.2, 0) is 19.0 Å². The van der Waals surface area contributed by atoms with E-state index in [1.165, 1.54) is 28.3 Å². The number of aromatic nitrogens is 4. The van der Waals surface area contributed by atoms with Crippen molar-refractivity contribution in [3.8, 4) is 16.8 Å². The molecule has 4 aromatic rings. The van der Waals surface area contributed by atoms with Gasteiger partial charge in [0.1, 0.15) is 0 Å². The average molecular weight is 600 g/mol. The lowest BCUT2D eigenvalue weighted by atomic mass is 9.86. The lowest BCUT2D eigenvalue weighted by molar-refractivity contribution is -0.141. The summed E-state index contributed by atoms with van der Waals surface area (Å²) in [5.74, 6) is 0.527. The van der Waals surface area contributed by atoms with Crippen LogP contribution in [0.3, 0.4) is 0 Å². The molecule has 43 heavy (non-hydrogen) atoms. The van der Waals surface area contributed by atoms with Gasteiger partial charge in [-0.15, -0.1) is 5.10 Å². The zero-order chi connectivity index (χ0) is 29.6. The van der Waals surface area contributed by atoms with Crippen LogP contribution in [0, 0.1) is 5.92 Å². The summed E-state index contributed by atoms with van der Waals surface area (Å²) in [4.78, 5) is 18.6. The Morgan fingerprint density at radius 1 is 0.977 bits per heavy atom. The van der Waals surface area contributed by atoms with Crippen molar-refractivity contribution in [2.24, 2.45) is 10.9 Å². The van der Waals surface area contributed by atoms with E-state index >= 15 is 0 Å². The Morgan fingerprint density at radius 3 is 2.65 bits per heavy atom. The molecule has 0 spiro atoms. The number of alkyl halides is 3. The standard InChI is InChI=1S/C33H25ClF3N5O/c1-17-2-3-19-9-20(5-4-18(19)8-17)22-10-27(38-15-22)32-26-14-25(26)29-11-21(12-31(43)42(29)32)24-13-23(34)6-7-28(24)41-16-30(39-40-41)33(35,36)37/h4-7,9,11-13,15-16,25-26,32H,1-3,8,10,14H2. The molecule has 10 heteroatoms. The molecule has 8 rings (SSSR count). The third-order valence-electron chi connectivity index (χ3n) is 9.17. The maximum Gasteiger partial charge on any atom is 0.436 e. The van der Waals surface area contributed by atoms with E-state index in [1.54, 1.807) is 18.2 Å². The van der Waals surface area contributed by atoms with Gasteiger partial charge in [-0.3, -0.25) is 9.79 Å². The zero-order valence-corrected chi connectivity index (χ0v) is 23.7. The molecule has 0 bridgehead atoms. The van der Waals surface area contributed by atoms with E-state index in [2.05, 4.69) is 35.1 Å². The fourth-order valence-corrected chi connectivity index (χ4v) is 7.16. The van der Waals surface area contributed by atoms with Gasteiger partial charge in [0, 0.05) is 46.6 Å². The fraction of sp³-hybridized carbons (Fsp3) is 0.273. The number of fused-ring (bicyclic) bond motifs is 4. The number of halogens is 4. The summed E-state index contributed by atoms with van der Waals surface area (Å²) in [5, 5.41) is 7.39. The average Bonchev–Trinajstić information content (AvgIpc) is 3.30. The molecule has 4 heterocycles. The van der Waals surface area contributed by atoms with E-state index in [9.17, 15) is 18.0 Å². The lowest BCUT2D eigenvalue weighted by Gasteiger charge is -2.21. The van der Waals surface area contributed by atoms with Gasteiger partial charge in [-0.25, -0.2) is 4.68 Å². The largest absolute Gasteiger partial charge is 0.436 e. The van der Waals surface area contributed by atoms with Crippen LogP contribution in [0.25, 0.3) is 22.4 Å². The molecule has 6 nitrogen and oxygen atoms in total. The number of nitrogens with zero attached hydrogens (tertiary/aromatic N) is 5. The van der Waals surface area contributed by atoms with E-state index in [0.717, 1.165) is 53.5 Å². The van der Waals surface area contributed by atoms with Crippen molar-refractivity contribution in [3.05, 3.63) is 117 Å². The Labute approximate surface area is 249 Å². The van der Waals surface area contributed by atoms with Crippen molar-refractivity contribution in [2.45, 2.75) is 50.2 Å². The first kappa shape index (κ1) is 26.4. The first-order chi connectivity index (χ1) is 20.6. The van der Waals surface area contributed by atoms with Crippen LogP contribution in [0.2, 0.25) is 5.02 Å². The first-order valence-electron chi connectivity index (χ1n) is 14.2. The second-order valence-corrected chi connectivity index (χ2v) is 12.3. The molecule has 1 fully saturated rings. The van der Waals surface area contributed by atoms with E-state index < -0.39 is 11.9 Å². The minimum absolute atomic E-state index is 0.111. The molecule has 0 radical (unpaired) electrons. The molecule has 1 saturated carbocycles. The number of rotatable bonds is 4. The molecule has 3 unspecified atom stereocenters. The van der Waals surface area contributed by atoms with Gasteiger partial charge in [0.15, 0.2) is 5.69 Å². The van der Waals surface area contributed by atoms with Crippen molar-refractivity contribution >= 4 is 22.9 Å². The normalized spacial score (nSPS) is 22.1. The SMILES string of the molecule is C=C1CCc2cc(C3=CN=C(C4C5CC5c5cc(-c6cc(Cl)ccc6-n6cc(C(F)(F)F)nn6)cc(=O)n54)C3)ccc2C1. The number of aliphatic imine (C=N–C) groups is 1. The van der Waals surface area contributed by atoms with Crippen LogP contribution in [0.4, 0.5) is 13.2 Å². The van der Waals surface area contributed by atoms with Gasteiger partial charge in [-0.05, 0) is 83.7 Å². The van der Waals surface area contributed by atoms with Gasteiger partial charge in [0.05, 0.1) is 17.9 Å². The number of aryl methyl sites for hydroxylation is 1. The molecule has 4 aliphatic rings. The lowest BCUT2D eigenvalue weighted by Crippen LogP contribution is -2.29. The summed E-state index contributed by atoms with van der Waals surface area (Å²) in [6.07, 6.45) is 2.78. The Morgan fingerprint density at radius 2 is 1.84 bits per heavy atom. The molecule has 216 valence electrons. The van der Waals surface area contributed by atoms with Crippen molar-refractivity contribution in [1.29, 1.82) is 0 Å². The summed E-state index contributed by atoms with van der Waals surface area (Å²) in [6.45, 7) is 4.15. The van der Waals surface area contributed by atoms with E-state index in [1.807, 2.05) is 16.8 Å². The van der Waals surface area contributed by atoms with Crippen LogP contribution >= 0.6 is 11.6 Å². The Balaban J connectivity index is 1.11. The maximum absolute atomic E-state index is 13.7. The summed E-state index contributed by atoms with van der Waals surface area (Å²) in [7, 11) is 0. The third kappa shape index (κ3) is 4.40. The Hall–Kier alpha value is -4.24. The summed E-state index contributed by atoms with van der Waals surface area (Å²) in [6, 6.07) is 14.8. The summed E-state index contributed by atoms with van der Waals surface area (Å²) in [5.41, 5.74) is 8.40. The van der Waals surface area contributed by atoms with Gasteiger partial charge in [0.25, 0.3) is 5.56 Å².